The van der Waals surface area contributed by atoms with Gasteiger partial charge in [-0.2, -0.15) is 0 Å². The number of aromatic amines is 1. The Morgan fingerprint density at radius 1 is 1.40 bits per heavy atom. The average molecular weight is 384 g/mol. The minimum absolute atomic E-state index is 0.297. The van der Waals surface area contributed by atoms with Crippen LogP contribution < -0.4 is 4.74 Å². The second-order valence-electron chi connectivity index (χ2n) is 5.56. The molecule has 0 aliphatic rings. The molecule has 7 heteroatoms. The van der Waals surface area contributed by atoms with Crippen molar-refractivity contribution in [2.24, 2.45) is 0 Å². The number of hydrogen-bond acceptors (Lipinski definition) is 4. The minimum Gasteiger partial charge on any atom is -0.480 e. The average Bonchev–Trinajstić information content (AvgIpc) is 3.08. The maximum atomic E-state index is 10.9. The first-order chi connectivity index (χ1) is 11.9. The van der Waals surface area contributed by atoms with E-state index in [1.807, 2.05) is 0 Å². The third-order valence-electron chi connectivity index (χ3n) is 3.75. The van der Waals surface area contributed by atoms with E-state index in [2.05, 4.69) is 4.98 Å². The Hall–Kier alpha value is -1.75. The van der Waals surface area contributed by atoms with E-state index in [0.29, 0.717) is 28.1 Å². The quantitative estimate of drug-likeness (QED) is 0.676. The van der Waals surface area contributed by atoms with Gasteiger partial charge in [0.05, 0.1) is 10.7 Å². The minimum atomic E-state index is -1.29. The first kappa shape index (κ1) is 19.6. The van der Waals surface area contributed by atoms with Gasteiger partial charge in [0.15, 0.2) is 6.10 Å². The Labute approximate surface area is 156 Å². The molecule has 0 spiro atoms. The van der Waals surface area contributed by atoms with Crippen molar-refractivity contribution in [3.63, 3.8) is 0 Å². The van der Waals surface area contributed by atoms with E-state index < -0.39 is 17.8 Å². The molecule has 3 atom stereocenters. The predicted octanol–water partition coefficient (Wildman–Crippen LogP) is 3.99. The zero-order chi connectivity index (χ0) is 18.4. The highest BCUT2D eigenvalue weighted by atomic mass is 35.5. The zero-order valence-corrected chi connectivity index (χ0v) is 15.3. The summed E-state index contributed by atoms with van der Waals surface area (Å²) in [6.45, 7) is 3.66. The highest BCUT2D eigenvalue weighted by Crippen LogP contribution is 2.35. The van der Waals surface area contributed by atoms with E-state index in [1.54, 1.807) is 56.3 Å². The Kier molecular flexibility index (Phi) is 6.71. The van der Waals surface area contributed by atoms with E-state index in [-0.39, 0.29) is 0 Å². The number of aromatic nitrogens is 1. The standard InChI is InChI=1S/C18H19Cl2NO4/c1-3-24-18(2,8-10-22)17(23)16(14-5-4-9-21-14)25-15-7-6-12(19)11-13(15)20/h4-9,11,16-17,21,23H,3H2,1-2H3. The van der Waals surface area contributed by atoms with Crippen molar-refractivity contribution in [1.82, 2.24) is 4.98 Å². The van der Waals surface area contributed by atoms with Gasteiger partial charge in [-0.25, -0.2) is 4.79 Å². The number of hydrogen-bond donors (Lipinski definition) is 2. The van der Waals surface area contributed by atoms with Crippen LogP contribution in [0.15, 0.2) is 42.6 Å². The molecule has 2 N–H and O–H groups in total. The molecule has 25 heavy (non-hydrogen) atoms. The predicted molar refractivity (Wildman–Crippen MR) is 96.9 cm³/mol. The Balaban J connectivity index is 2.40. The van der Waals surface area contributed by atoms with Gasteiger partial charge < -0.3 is 19.6 Å². The molecule has 5 nitrogen and oxygen atoms in total. The molecule has 0 aliphatic carbocycles. The van der Waals surface area contributed by atoms with E-state index in [0.717, 1.165) is 6.08 Å². The van der Waals surface area contributed by atoms with Crippen LogP contribution in [0.4, 0.5) is 0 Å². The number of nitrogens with one attached hydrogen (secondary N) is 1. The van der Waals surface area contributed by atoms with E-state index in [1.165, 1.54) is 0 Å². The monoisotopic (exact) mass is 383 g/mol. The second kappa shape index (κ2) is 8.56. The number of ether oxygens (including phenoxy) is 2. The Bertz CT molecular complexity index is 744. The van der Waals surface area contributed by atoms with E-state index >= 15 is 0 Å². The summed E-state index contributed by atoms with van der Waals surface area (Å²) in [5, 5.41) is 11.7. The lowest BCUT2D eigenvalue weighted by atomic mass is 9.92. The molecule has 1 aromatic carbocycles. The van der Waals surface area contributed by atoms with Gasteiger partial charge in [-0.15, -0.1) is 0 Å². The molecule has 1 aromatic heterocycles. The van der Waals surface area contributed by atoms with Crippen molar-refractivity contribution in [2.45, 2.75) is 31.7 Å². The third-order valence-corrected chi connectivity index (χ3v) is 4.28. The maximum absolute atomic E-state index is 10.9. The van der Waals surface area contributed by atoms with Gasteiger partial charge in [0.2, 0.25) is 0 Å². The van der Waals surface area contributed by atoms with E-state index in [4.69, 9.17) is 32.7 Å². The molecule has 0 radical (unpaired) electrons. The van der Waals surface area contributed by atoms with Gasteiger partial charge in [0, 0.05) is 23.9 Å². The van der Waals surface area contributed by atoms with Crippen LogP contribution in [0, 0.1) is 0 Å². The van der Waals surface area contributed by atoms with Crippen molar-refractivity contribution in [3.05, 3.63) is 58.3 Å². The smallest absolute Gasteiger partial charge is 0.167 e. The zero-order valence-electron chi connectivity index (χ0n) is 13.8. The molecular formula is C18H19Cl2NO4. The van der Waals surface area contributed by atoms with Gasteiger partial charge in [-0.05, 0) is 44.2 Å². The van der Waals surface area contributed by atoms with Crippen LogP contribution in [0.1, 0.15) is 25.6 Å². The van der Waals surface area contributed by atoms with Crippen molar-refractivity contribution < 1.29 is 19.4 Å². The van der Waals surface area contributed by atoms with Crippen LogP contribution in [-0.2, 0) is 9.53 Å². The normalized spacial score (nSPS) is 15.7. The van der Waals surface area contributed by atoms with Crippen LogP contribution in [0.3, 0.4) is 0 Å². The van der Waals surface area contributed by atoms with Crippen LogP contribution >= 0.6 is 23.2 Å². The largest absolute Gasteiger partial charge is 0.480 e. The molecule has 2 rings (SSSR count). The Morgan fingerprint density at radius 2 is 2.16 bits per heavy atom. The molecule has 0 fully saturated rings. The lowest BCUT2D eigenvalue weighted by Gasteiger charge is -2.35. The molecular weight excluding hydrogens is 365 g/mol. The van der Waals surface area contributed by atoms with Crippen molar-refractivity contribution >= 4 is 29.1 Å². The lowest BCUT2D eigenvalue weighted by molar-refractivity contribution is -0.117. The van der Waals surface area contributed by atoms with Gasteiger partial charge >= 0.3 is 0 Å². The summed E-state index contributed by atoms with van der Waals surface area (Å²) in [5.74, 6) is 2.03. The lowest BCUT2D eigenvalue weighted by Crippen LogP contribution is -2.46. The number of benzene rings is 1. The number of aliphatic hydroxyl groups excluding tert-OH is 1. The summed E-state index contributed by atoms with van der Waals surface area (Å²) < 4.78 is 11.5. The van der Waals surface area contributed by atoms with Gasteiger partial charge in [-0.1, -0.05) is 23.2 Å². The van der Waals surface area contributed by atoms with E-state index in [9.17, 15) is 9.90 Å². The summed E-state index contributed by atoms with van der Waals surface area (Å²) in [6.07, 6.45) is 0.772. The number of rotatable bonds is 8. The van der Waals surface area contributed by atoms with Crippen LogP contribution in [0.25, 0.3) is 0 Å². The number of H-pyrrole nitrogens is 1. The molecule has 3 unspecified atom stereocenters. The molecule has 1 heterocycles. The molecule has 0 saturated carbocycles. The second-order valence-corrected chi connectivity index (χ2v) is 6.41. The first-order valence-corrected chi connectivity index (χ1v) is 8.46. The molecule has 0 amide bonds. The molecule has 0 bridgehead atoms. The number of halogens is 2. The van der Waals surface area contributed by atoms with Crippen LogP contribution in [-0.4, -0.2) is 34.3 Å². The topological polar surface area (TPSA) is 71.6 Å². The van der Waals surface area contributed by atoms with Crippen LogP contribution in [0.5, 0.6) is 5.75 Å². The van der Waals surface area contributed by atoms with Gasteiger partial charge in [0.25, 0.3) is 0 Å². The number of carbonyl (C=O) groups excluding carboxylic acids is 1. The SMILES string of the molecule is CCOC(C)(C=C=O)C(O)C(Oc1ccc(Cl)cc1Cl)c1ccc[nH]1. The van der Waals surface area contributed by atoms with Crippen molar-refractivity contribution in [2.75, 3.05) is 6.61 Å². The molecule has 0 saturated heterocycles. The molecule has 134 valence electrons. The maximum Gasteiger partial charge on any atom is 0.167 e. The summed E-state index contributed by atoms with van der Waals surface area (Å²) in [5.41, 5.74) is -0.686. The molecule has 0 aliphatic heterocycles. The van der Waals surface area contributed by atoms with Crippen molar-refractivity contribution in [1.29, 1.82) is 0 Å². The fraction of sp³-hybridized carbons (Fsp3) is 0.333. The summed E-state index contributed by atoms with van der Waals surface area (Å²) in [6, 6.07) is 8.32. The summed E-state index contributed by atoms with van der Waals surface area (Å²) >= 11 is 12.1. The van der Waals surface area contributed by atoms with Crippen molar-refractivity contribution in [3.8, 4) is 5.75 Å². The van der Waals surface area contributed by atoms with Crippen LogP contribution in [0.2, 0.25) is 10.0 Å². The number of aliphatic hydroxyl groups is 1. The van der Waals surface area contributed by atoms with Gasteiger partial charge in [0.1, 0.15) is 23.4 Å². The highest BCUT2D eigenvalue weighted by molar-refractivity contribution is 6.35. The first-order valence-electron chi connectivity index (χ1n) is 7.70. The third kappa shape index (κ3) is 4.66. The summed E-state index contributed by atoms with van der Waals surface area (Å²) in [7, 11) is 0. The van der Waals surface area contributed by atoms with Gasteiger partial charge in [-0.3, -0.25) is 0 Å². The highest BCUT2D eigenvalue weighted by Gasteiger charge is 2.40. The molecule has 2 aromatic rings. The fourth-order valence-corrected chi connectivity index (χ4v) is 2.92. The Morgan fingerprint density at radius 3 is 2.72 bits per heavy atom. The fourth-order valence-electron chi connectivity index (χ4n) is 2.47. The summed E-state index contributed by atoms with van der Waals surface area (Å²) in [4.78, 5) is 13.9.